The zero-order valence-electron chi connectivity index (χ0n) is 13.1. The number of aliphatic hydroxyl groups excluding tert-OH is 3. The van der Waals surface area contributed by atoms with E-state index in [1.54, 1.807) is 0 Å². The van der Waals surface area contributed by atoms with Crippen LogP contribution in [0.3, 0.4) is 0 Å². The molecule has 0 aliphatic carbocycles. The van der Waals surface area contributed by atoms with Gasteiger partial charge in [0.2, 0.25) is 5.95 Å². The van der Waals surface area contributed by atoms with Gasteiger partial charge >= 0.3 is 0 Å². The van der Waals surface area contributed by atoms with Gasteiger partial charge in [-0.05, 0) is 6.92 Å². The van der Waals surface area contributed by atoms with Gasteiger partial charge < -0.3 is 25.8 Å². The molecule has 0 bridgehead atoms. The number of nitrogens with two attached hydrogens (primary N) is 1. The first kappa shape index (κ1) is 16.3. The number of nitrogen functional groups attached to an aromatic ring is 1. The van der Waals surface area contributed by atoms with Gasteiger partial charge in [-0.15, -0.1) is 11.3 Å². The van der Waals surface area contributed by atoms with Crippen molar-refractivity contribution in [3.05, 3.63) is 17.4 Å². The summed E-state index contributed by atoms with van der Waals surface area (Å²) < 4.78 is 7.01. The Balaban J connectivity index is 1.84. The highest BCUT2D eigenvalue weighted by Gasteiger charge is 2.44. The molecule has 0 saturated carbocycles. The summed E-state index contributed by atoms with van der Waals surface area (Å²) in [6.07, 6.45) is -2.86. The smallest absolute Gasteiger partial charge is 0.222 e. The number of nitrogens with zero attached hydrogens (tertiary/aromatic N) is 5. The first-order valence-electron chi connectivity index (χ1n) is 7.54. The molecule has 11 heteroatoms. The predicted molar refractivity (Wildman–Crippen MR) is 88.6 cm³/mol. The van der Waals surface area contributed by atoms with Gasteiger partial charge in [-0.2, -0.15) is 4.98 Å². The van der Waals surface area contributed by atoms with Crippen molar-refractivity contribution in [3.63, 3.8) is 0 Å². The third kappa shape index (κ3) is 2.56. The monoisotopic (exact) mass is 364 g/mol. The number of thiazole rings is 1. The average Bonchev–Trinajstić information content (AvgIpc) is 3.26. The molecule has 4 heterocycles. The highest BCUT2D eigenvalue weighted by atomic mass is 32.1. The fraction of sp³-hybridized carbons (Fsp3) is 0.429. The molecular formula is C14H16N6O4S. The number of hydrogen-bond acceptors (Lipinski definition) is 10. The lowest BCUT2D eigenvalue weighted by atomic mass is 10.1. The summed E-state index contributed by atoms with van der Waals surface area (Å²) in [4.78, 5) is 17.1. The molecule has 1 aliphatic rings. The van der Waals surface area contributed by atoms with Crippen LogP contribution in [0.1, 0.15) is 11.9 Å². The minimum absolute atomic E-state index is 0.0313. The summed E-state index contributed by atoms with van der Waals surface area (Å²) in [5.74, 6) is 0.0313. The molecule has 0 radical (unpaired) electrons. The molecule has 0 amide bonds. The van der Waals surface area contributed by atoms with Crippen molar-refractivity contribution in [2.24, 2.45) is 0 Å². The van der Waals surface area contributed by atoms with E-state index in [0.717, 1.165) is 5.69 Å². The van der Waals surface area contributed by atoms with Gasteiger partial charge in [-0.25, -0.2) is 15.0 Å². The third-order valence-electron chi connectivity index (χ3n) is 4.05. The van der Waals surface area contributed by atoms with Crippen molar-refractivity contribution in [1.82, 2.24) is 24.5 Å². The zero-order valence-corrected chi connectivity index (χ0v) is 14.0. The number of hydrogen-bond donors (Lipinski definition) is 4. The fourth-order valence-corrected chi connectivity index (χ4v) is 3.63. The molecule has 0 aromatic carbocycles. The van der Waals surface area contributed by atoms with E-state index >= 15 is 0 Å². The van der Waals surface area contributed by atoms with E-state index in [9.17, 15) is 15.3 Å². The van der Waals surface area contributed by atoms with Gasteiger partial charge in [0.05, 0.1) is 12.9 Å². The molecule has 3 aromatic heterocycles. The Kier molecular flexibility index (Phi) is 3.89. The lowest BCUT2D eigenvalue weighted by Crippen LogP contribution is -2.33. The van der Waals surface area contributed by atoms with Crippen LogP contribution in [0, 0.1) is 6.92 Å². The minimum atomic E-state index is -1.24. The van der Waals surface area contributed by atoms with E-state index in [1.165, 1.54) is 22.2 Å². The van der Waals surface area contributed by atoms with Crippen LogP contribution >= 0.6 is 11.3 Å². The Bertz CT molecular complexity index is 927. The van der Waals surface area contributed by atoms with Crippen molar-refractivity contribution in [3.8, 4) is 10.7 Å². The Labute approximate surface area is 145 Å². The second-order valence-electron chi connectivity index (χ2n) is 5.78. The summed E-state index contributed by atoms with van der Waals surface area (Å²) >= 11 is 1.41. The van der Waals surface area contributed by atoms with Gasteiger partial charge in [-0.3, -0.25) is 4.57 Å². The van der Waals surface area contributed by atoms with Crippen LogP contribution in [0.15, 0.2) is 11.7 Å². The van der Waals surface area contributed by atoms with Crippen LogP contribution in [0.5, 0.6) is 0 Å². The van der Waals surface area contributed by atoms with Gasteiger partial charge in [-0.1, -0.05) is 0 Å². The first-order chi connectivity index (χ1) is 12.0. The van der Waals surface area contributed by atoms with E-state index < -0.39 is 31.1 Å². The average molecular weight is 364 g/mol. The number of aliphatic hydroxyl groups is 3. The number of aryl methyl sites for hydroxylation is 1. The van der Waals surface area contributed by atoms with Crippen molar-refractivity contribution < 1.29 is 20.1 Å². The van der Waals surface area contributed by atoms with Crippen molar-refractivity contribution in [1.29, 1.82) is 0 Å². The normalized spacial score (nSPS) is 26.6. The summed E-state index contributed by atoms with van der Waals surface area (Å²) in [7, 11) is 0. The molecule has 10 nitrogen and oxygen atoms in total. The molecular weight excluding hydrogens is 348 g/mol. The lowest BCUT2D eigenvalue weighted by Gasteiger charge is -2.16. The van der Waals surface area contributed by atoms with Gasteiger partial charge in [0.15, 0.2) is 11.9 Å². The molecule has 0 unspecified atom stereocenters. The summed E-state index contributed by atoms with van der Waals surface area (Å²) in [5.41, 5.74) is 7.99. The Morgan fingerprint density at radius 1 is 1.28 bits per heavy atom. The highest BCUT2D eigenvalue weighted by Crippen LogP contribution is 2.34. The van der Waals surface area contributed by atoms with Gasteiger partial charge in [0.1, 0.15) is 34.5 Å². The topological polar surface area (TPSA) is 152 Å². The van der Waals surface area contributed by atoms with Gasteiger partial charge in [0.25, 0.3) is 0 Å². The quantitative estimate of drug-likeness (QED) is 0.479. The standard InChI is InChI=1S/C14H16N6O4S/c1-5-3-25-12(17-5)8-7-11(19-14(15)18-8)20(4-16-7)13-10(23)9(22)6(2-21)24-13/h3-4,6,9-10,13,21-23H,2H2,1H3,(H2,15,18,19)/t6-,9-,10-,13+/m1/s1. The van der Waals surface area contributed by atoms with Crippen molar-refractivity contribution in [2.45, 2.75) is 31.5 Å². The Morgan fingerprint density at radius 3 is 2.72 bits per heavy atom. The van der Waals surface area contributed by atoms with E-state index in [-0.39, 0.29) is 5.95 Å². The third-order valence-corrected chi connectivity index (χ3v) is 5.02. The zero-order chi connectivity index (χ0) is 17.7. The Hall–Kier alpha value is -2.18. The number of rotatable bonds is 3. The van der Waals surface area contributed by atoms with E-state index in [4.69, 9.17) is 10.5 Å². The maximum Gasteiger partial charge on any atom is 0.222 e. The highest BCUT2D eigenvalue weighted by molar-refractivity contribution is 7.13. The molecule has 4 atom stereocenters. The van der Waals surface area contributed by atoms with E-state index in [2.05, 4.69) is 19.9 Å². The summed E-state index contributed by atoms with van der Waals surface area (Å²) in [5, 5.41) is 32.0. The van der Waals surface area contributed by atoms with Crippen molar-refractivity contribution >= 4 is 28.4 Å². The number of fused-ring (bicyclic) bond motifs is 1. The second kappa shape index (κ2) is 5.97. The predicted octanol–water partition coefficient (Wildman–Crippen LogP) is -0.548. The summed E-state index contributed by atoms with van der Waals surface area (Å²) in [6.45, 7) is 1.46. The molecule has 132 valence electrons. The van der Waals surface area contributed by atoms with Crippen LogP contribution in [-0.2, 0) is 4.74 Å². The van der Waals surface area contributed by atoms with Crippen LogP contribution < -0.4 is 5.73 Å². The van der Waals surface area contributed by atoms with E-state index in [0.29, 0.717) is 21.9 Å². The molecule has 4 rings (SSSR count). The number of aromatic nitrogens is 5. The van der Waals surface area contributed by atoms with E-state index in [1.807, 2.05) is 12.3 Å². The maximum absolute atomic E-state index is 10.2. The molecule has 1 fully saturated rings. The molecule has 1 aliphatic heterocycles. The fourth-order valence-electron chi connectivity index (χ4n) is 2.84. The minimum Gasteiger partial charge on any atom is -0.394 e. The second-order valence-corrected chi connectivity index (χ2v) is 6.64. The maximum atomic E-state index is 10.2. The molecule has 25 heavy (non-hydrogen) atoms. The first-order valence-corrected chi connectivity index (χ1v) is 8.42. The molecule has 3 aromatic rings. The van der Waals surface area contributed by atoms with Crippen LogP contribution in [-0.4, -0.2) is 64.7 Å². The van der Waals surface area contributed by atoms with Crippen LogP contribution in [0.4, 0.5) is 5.95 Å². The summed E-state index contributed by atoms with van der Waals surface area (Å²) in [6, 6.07) is 0. The Morgan fingerprint density at radius 2 is 2.08 bits per heavy atom. The largest absolute Gasteiger partial charge is 0.394 e. The lowest BCUT2D eigenvalue weighted by molar-refractivity contribution is -0.0511. The van der Waals surface area contributed by atoms with Gasteiger partial charge in [0, 0.05) is 11.1 Å². The number of imidazole rings is 1. The molecule has 1 saturated heterocycles. The van der Waals surface area contributed by atoms with Crippen LogP contribution in [0.2, 0.25) is 0 Å². The number of ether oxygens (including phenoxy) is 1. The van der Waals surface area contributed by atoms with Crippen LogP contribution in [0.25, 0.3) is 21.9 Å². The molecule has 0 spiro atoms. The number of anilines is 1. The van der Waals surface area contributed by atoms with Crippen molar-refractivity contribution in [2.75, 3.05) is 12.3 Å². The molecule has 5 N–H and O–H groups in total. The SMILES string of the molecule is Cc1csc(-c2nc(N)nc3c2ncn3[C@H]2O[C@H](CO)[C@@H](O)[C@H]2O)n1.